The molecule has 1 rings (SSSR count). The van der Waals surface area contributed by atoms with E-state index in [0.717, 1.165) is 0 Å². The predicted molar refractivity (Wildman–Crippen MR) is 45.5 cm³/mol. The van der Waals surface area contributed by atoms with Crippen molar-refractivity contribution < 1.29 is 9.63 Å². The fourth-order valence-corrected chi connectivity index (χ4v) is 0.630. The molecular weight excluding hydrogens is 172 g/mol. The van der Waals surface area contributed by atoms with Crippen LogP contribution in [0.1, 0.15) is 10.4 Å². The van der Waals surface area contributed by atoms with Gasteiger partial charge in [0.05, 0.1) is 5.56 Å². The number of pyridine rings is 1. The molecule has 0 aliphatic carbocycles. The third kappa shape index (κ3) is 2.78. The maximum absolute atomic E-state index is 11.1. The molecule has 1 aromatic heterocycles. The first kappa shape index (κ1) is 8.98. The van der Waals surface area contributed by atoms with Gasteiger partial charge in [0.25, 0.3) is 0 Å². The van der Waals surface area contributed by atoms with Gasteiger partial charge in [0.2, 0.25) is 5.96 Å². The average Bonchev–Trinajstić information content (AvgIpc) is 2.15. The van der Waals surface area contributed by atoms with E-state index in [9.17, 15) is 4.79 Å². The summed E-state index contributed by atoms with van der Waals surface area (Å²) in [5.74, 6) is -0.959. The summed E-state index contributed by atoms with van der Waals surface area (Å²) in [5.41, 5.74) is 10.2. The van der Waals surface area contributed by atoms with Crippen LogP contribution in [0.4, 0.5) is 0 Å². The molecule has 0 saturated heterocycles. The minimum absolute atomic E-state index is 0.285. The number of guanidine groups is 1. The lowest BCUT2D eigenvalue weighted by atomic mass is 10.3. The van der Waals surface area contributed by atoms with Crippen molar-refractivity contribution in [1.82, 2.24) is 4.98 Å². The Bertz CT molecular complexity index is 319. The molecule has 0 saturated carbocycles. The summed E-state index contributed by atoms with van der Waals surface area (Å²) in [4.78, 5) is 19.1. The van der Waals surface area contributed by atoms with Crippen LogP contribution in [0, 0.1) is 0 Å². The van der Waals surface area contributed by atoms with Crippen molar-refractivity contribution in [2.45, 2.75) is 0 Å². The number of rotatable bonds is 2. The molecule has 0 amide bonds. The molecule has 68 valence electrons. The molecule has 0 atom stereocenters. The standard InChI is InChI=1S/C7H8N4O2/c8-7(9)11-13-6(12)5-2-1-3-10-4-5/h1-4H,(H4,8,9,11). The van der Waals surface area contributed by atoms with Crippen LogP contribution in [0.3, 0.4) is 0 Å². The van der Waals surface area contributed by atoms with Crippen molar-refractivity contribution in [1.29, 1.82) is 0 Å². The Hall–Kier alpha value is -2.11. The zero-order valence-corrected chi connectivity index (χ0v) is 6.68. The Labute approximate surface area is 74.2 Å². The lowest BCUT2D eigenvalue weighted by molar-refractivity contribution is 0.0514. The SMILES string of the molecule is NC(N)=NOC(=O)c1cccnc1. The van der Waals surface area contributed by atoms with Crippen molar-refractivity contribution in [2.24, 2.45) is 16.6 Å². The summed E-state index contributed by atoms with van der Waals surface area (Å²) in [6.45, 7) is 0. The second-order valence-electron chi connectivity index (χ2n) is 2.14. The lowest BCUT2D eigenvalue weighted by Crippen LogP contribution is -2.23. The van der Waals surface area contributed by atoms with E-state index in [1.165, 1.54) is 18.5 Å². The molecule has 6 nitrogen and oxygen atoms in total. The first-order valence-electron chi connectivity index (χ1n) is 3.40. The molecule has 0 spiro atoms. The molecular formula is C7H8N4O2. The van der Waals surface area contributed by atoms with Crippen LogP contribution in [0.15, 0.2) is 29.7 Å². The summed E-state index contributed by atoms with van der Waals surface area (Å²) in [7, 11) is 0. The molecule has 4 N–H and O–H groups in total. The third-order valence-electron chi connectivity index (χ3n) is 1.13. The van der Waals surface area contributed by atoms with E-state index >= 15 is 0 Å². The number of nitrogens with two attached hydrogens (primary N) is 2. The summed E-state index contributed by atoms with van der Waals surface area (Å²) in [6, 6.07) is 3.14. The number of hydrogen-bond acceptors (Lipinski definition) is 4. The number of carbonyl (C=O) groups is 1. The first-order chi connectivity index (χ1) is 6.20. The quantitative estimate of drug-likeness (QED) is 0.274. The molecule has 0 unspecified atom stereocenters. The molecule has 0 aromatic carbocycles. The zero-order chi connectivity index (χ0) is 9.68. The highest BCUT2D eigenvalue weighted by Gasteiger charge is 2.05. The minimum Gasteiger partial charge on any atom is -0.367 e. The number of aromatic nitrogens is 1. The summed E-state index contributed by atoms with van der Waals surface area (Å²) in [5, 5.41) is 3.10. The van der Waals surface area contributed by atoms with Crippen LogP contribution in [0.2, 0.25) is 0 Å². The fraction of sp³-hybridized carbons (Fsp3) is 0. The molecule has 1 heterocycles. The van der Waals surface area contributed by atoms with Crippen molar-refractivity contribution in [2.75, 3.05) is 0 Å². The Morgan fingerprint density at radius 2 is 2.31 bits per heavy atom. The van der Waals surface area contributed by atoms with Crippen LogP contribution in [-0.4, -0.2) is 16.9 Å². The predicted octanol–water partition coefficient (Wildman–Crippen LogP) is -0.573. The second-order valence-corrected chi connectivity index (χ2v) is 2.14. The highest BCUT2D eigenvalue weighted by molar-refractivity contribution is 5.89. The topological polar surface area (TPSA) is 104 Å². The fourth-order valence-electron chi connectivity index (χ4n) is 0.630. The highest BCUT2D eigenvalue weighted by Crippen LogP contribution is 1.98. The van der Waals surface area contributed by atoms with Gasteiger partial charge in [0.1, 0.15) is 0 Å². The van der Waals surface area contributed by atoms with Gasteiger partial charge in [0, 0.05) is 12.4 Å². The van der Waals surface area contributed by atoms with Gasteiger partial charge in [-0.2, -0.15) is 0 Å². The van der Waals surface area contributed by atoms with Crippen molar-refractivity contribution in [3.05, 3.63) is 30.1 Å². The van der Waals surface area contributed by atoms with Crippen molar-refractivity contribution in [3.8, 4) is 0 Å². The molecule has 0 aliphatic heterocycles. The van der Waals surface area contributed by atoms with Gasteiger partial charge >= 0.3 is 5.97 Å². The smallest absolute Gasteiger partial charge is 0.367 e. The maximum Gasteiger partial charge on any atom is 0.367 e. The summed E-state index contributed by atoms with van der Waals surface area (Å²) in [6.07, 6.45) is 2.89. The largest absolute Gasteiger partial charge is 0.367 e. The summed E-state index contributed by atoms with van der Waals surface area (Å²) < 4.78 is 0. The van der Waals surface area contributed by atoms with Crippen LogP contribution >= 0.6 is 0 Å². The molecule has 0 radical (unpaired) electrons. The van der Waals surface area contributed by atoms with E-state index < -0.39 is 5.97 Å². The Kier molecular flexibility index (Phi) is 2.80. The van der Waals surface area contributed by atoms with E-state index in [2.05, 4.69) is 15.0 Å². The van der Waals surface area contributed by atoms with Crippen molar-refractivity contribution in [3.63, 3.8) is 0 Å². The second kappa shape index (κ2) is 4.05. The monoisotopic (exact) mass is 180 g/mol. The first-order valence-corrected chi connectivity index (χ1v) is 3.40. The Morgan fingerprint density at radius 1 is 1.54 bits per heavy atom. The van der Waals surface area contributed by atoms with Crippen LogP contribution < -0.4 is 11.5 Å². The van der Waals surface area contributed by atoms with Crippen LogP contribution in [-0.2, 0) is 4.84 Å². The average molecular weight is 180 g/mol. The third-order valence-corrected chi connectivity index (χ3v) is 1.13. The number of hydrogen-bond donors (Lipinski definition) is 2. The minimum atomic E-state index is -0.651. The van der Waals surface area contributed by atoms with E-state index in [0.29, 0.717) is 0 Å². The molecule has 1 aromatic rings. The van der Waals surface area contributed by atoms with Gasteiger partial charge in [-0.15, -0.1) is 0 Å². The number of nitrogens with zero attached hydrogens (tertiary/aromatic N) is 2. The Balaban J connectivity index is 2.65. The zero-order valence-electron chi connectivity index (χ0n) is 6.68. The highest BCUT2D eigenvalue weighted by atomic mass is 16.7. The molecule has 0 fully saturated rings. The lowest BCUT2D eigenvalue weighted by Gasteiger charge is -1.96. The Morgan fingerprint density at radius 3 is 2.85 bits per heavy atom. The normalized spacial score (nSPS) is 8.92. The van der Waals surface area contributed by atoms with Gasteiger partial charge in [-0.3, -0.25) is 4.98 Å². The molecule has 13 heavy (non-hydrogen) atoms. The molecule has 0 bridgehead atoms. The van der Waals surface area contributed by atoms with Crippen LogP contribution in [0.25, 0.3) is 0 Å². The van der Waals surface area contributed by atoms with E-state index in [4.69, 9.17) is 11.5 Å². The van der Waals surface area contributed by atoms with Gasteiger partial charge in [0.15, 0.2) is 0 Å². The van der Waals surface area contributed by atoms with Gasteiger partial charge in [-0.25, -0.2) is 4.79 Å². The van der Waals surface area contributed by atoms with E-state index in [1.54, 1.807) is 6.07 Å². The van der Waals surface area contributed by atoms with E-state index in [-0.39, 0.29) is 11.5 Å². The van der Waals surface area contributed by atoms with E-state index in [1.807, 2.05) is 0 Å². The maximum atomic E-state index is 11.1. The van der Waals surface area contributed by atoms with Crippen LogP contribution in [0.5, 0.6) is 0 Å². The molecule has 0 aliphatic rings. The number of carbonyl (C=O) groups excluding carboxylic acids is 1. The van der Waals surface area contributed by atoms with Crippen molar-refractivity contribution >= 4 is 11.9 Å². The van der Waals surface area contributed by atoms with Gasteiger partial charge in [-0.05, 0) is 17.3 Å². The summed E-state index contributed by atoms with van der Waals surface area (Å²) >= 11 is 0. The number of oxime groups is 1. The van der Waals surface area contributed by atoms with Gasteiger partial charge in [-0.1, -0.05) is 0 Å². The molecule has 6 heteroatoms. The van der Waals surface area contributed by atoms with Gasteiger partial charge < -0.3 is 16.3 Å².